The van der Waals surface area contributed by atoms with Gasteiger partial charge in [0.25, 0.3) is 0 Å². The zero-order valence-electron chi connectivity index (χ0n) is 13.4. The molecule has 132 valence electrons. The second kappa shape index (κ2) is 8.57. The molecule has 0 aliphatic heterocycles. The summed E-state index contributed by atoms with van der Waals surface area (Å²) in [4.78, 5) is 10.7. The molecular formula is C18H19NO5S. The summed E-state index contributed by atoms with van der Waals surface area (Å²) < 4.78 is 27.0. The lowest BCUT2D eigenvalue weighted by atomic mass is 10.2. The van der Waals surface area contributed by atoms with Gasteiger partial charge in [-0.25, -0.2) is 13.2 Å². The Balaban J connectivity index is 2.33. The molecule has 0 radical (unpaired) electrons. The van der Waals surface area contributed by atoms with Gasteiger partial charge in [0.2, 0.25) is 10.0 Å². The lowest BCUT2D eigenvalue weighted by molar-refractivity contribution is -0.131. The first-order valence-electron chi connectivity index (χ1n) is 7.59. The monoisotopic (exact) mass is 361 g/mol. The highest BCUT2D eigenvalue weighted by molar-refractivity contribution is 7.89. The SMILES string of the molecule is O=C(O)/C=C/c1cccc(S(=O)(=O)N(CCO)Cc2ccccc2)c1. The van der Waals surface area contributed by atoms with Gasteiger partial charge in [-0.2, -0.15) is 4.31 Å². The fourth-order valence-electron chi connectivity index (χ4n) is 2.28. The number of carboxylic acids is 1. The van der Waals surface area contributed by atoms with E-state index >= 15 is 0 Å². The van der Waals surface area contributed by atoms with Gasteiger partial charge in [0, 0.05) is 19.2 Å². The molecule has 0 bridgehead atoms. The number of carbonyl (C=O) groups is 1. The molecule has 2 aromatic rings. The minimum Gasteiger partial charge on any atom is -0.478 e. The average molecular weight is 361 g/mol. The van der Waals surface area contributed by atoms with Crippen LogP contribution in [0.15, 0.2) is 65.6 Å². The van der Waals surface area contributed by atoms with Crippen LogP contribution < -0.4 is 0 Å². The summed E-state index contributed by atoms with van der Waals surface area (Å²) in [6, 6.07) is 15.1. The van der Waals surface area contributed by atoms with E-state index in [0.717, 1.165) is 11.6 Å². The van der Waals surface area contributed by atoms with E-state index in [0.29, 0.717) is 5.56 Å². The molecule has 0 saturated carbocycles. The van der Waals surface area contributed by atoms with Crippen LogP contribution in [0.1, 0.15) is 11.1 Å². The van der Waals surface area contributed by atoms with Crippen LogP contribution in [0.2, 0.25) is 0 Å². The molecule has 2 aromatic carbocycles. The van der Waals surface area contributed by atoms with Crippen molar-refractivity contribution in [1.29, 1.82) is 0 Å². The molecule has 0 unspecified atom stereocenters. The van der Waals surface area contributed by atoms with Crippen LogP contribution in [0.25, 0.3) is 6.08 Å². The van der Waals surface area contributed by atoms with Gasteiger partial charge in [0.05, 0.1) is 11.5 Å². The Bertz CT molecular complexity index is 847. The number of benzene rings is 2. The van der Waals surface area contributed by atoms with Crippen LogP contribution >= 0.6 is 0 Å². The predicted octanol–water partition coefficient (Wildman–Crippen LogP) is 1.97. The van der Waals surface area contributed by atoms with Crippen molar-refractivity contribution >= 4 is 22.1 Å². The van der Waals surface area contributed by atoms with E-state index in [1.165, 1.54) is 22.5 Å². The standard InChI is InChI=1S/C18H19NO5S/c20-12-11-19(14-16-5-2-1-3-6-16)25(23,24)17-8-4-7-15(13-17)9-10-18(21)22/h1-10,13,20H,11-12,14H2,(H,21,22)/b10-9+. The van der Waals surface area contributed by atoms with Crippen LogP contribution in [0.3, 0.4) is 0 Å². The van der Waals surface area contributed by atoms with Gasteiger partial charge >= 0.3 is 5.97 Å². The largest absolute Gasteiger partial charge is 0.478 e. The maximum atomic E-state index is 12.9. The number of hydrogen-bond acceptors (Lipinski definition) is 4. The molecule has 7 heteroatoms. The average Bonchev–Trinajstić information content (AvgIpc) is 2.61. The van der Waals surface area contributed by atoms with Crippen LogP contribution in [0, 0.1) is 0 Å². The maximum Gasteiger partial charge on any atom is 0.328 e. The Kier molecular flexibility index (Phi) is 6.46. The summed E-state index contributed by atoms with van der Waals surface area (Å²) in [5, 5.41) is 17.9. The van der Waals surface area contributed by atoms with E-state index in [1.54, 1.807) is 12.1 Å². The summed E-state index contributed by atoms with van der Waals surface area (Å²) >= 11 is 0. The smallest absolute Gasteiger partial charge is 0.328 e. The maximum absolute atomic E-state index is 12.9. The van der Waals surface area contributed by atoms with Gasteiger partial charge in [-0.3, -0.25) is 0 Å². The number of sulfonamides is 1. The van der Waals surface area contributed by atoms with Crippen molar-refractivity contribution in [2.24, 2.45) is 0 Å². The molecule has 0 amide bonds. The Hall–Kier alpha value is -2.48. The van der Waals surface area contributed by atoms with Gasteiger partial charge in [-0.1, -0.05) is 42.5 Å². The number of hydrogen-bond donors (Lipinski definition) is 2. The third-order valence-electron chi connectivity index (χ3n) is 3.47. The zero-order valence-corrected chi connectivity index (χ0v) is 14.3. The second-order valence-electron chi connectivity index (χ2n) is 5.29. The summed E-state index contributed by atoms with van der Waals surface area (Å²) in [5.74, 6) is -1.11. The number of aliphatic hydroxyl groups is 1. The van der Waals surface area contributed by atoms with Gasteiger partial charge in [0.15, 0.2) is 0 Å². The molecule has 2 N–H and O–H groups in total. The summed E-state index contributed by atoms with van der Waals surface area (Å²) in [7, 11) is -3.83. The molecule has 0 aliphatic carbocycles. The van der Waals surface area contributed by atoms with E-state index in [9.17, 15) is 18.3 Å². The Morgan fingerprint density at radius 2 is 1.80 bits per heavy atom. The van der Waals surface area contributed by atoms with Gasteiger partial charge in [-0.05, 0) is 29.3 Å². The van der Waals surface area contributed by atoms with Crippen molar-refractivity contribution in [3.05, 3.63) is 71.8 Å². The molecule has 0 fully saturated rings. The van der Waals surface area contributed by atoms with Crippen LogP contribution in [-0.2, 0) is 21.4 Å². The summed E-state index contributed by atoms with van der Waals surface area (Å²) in [6.45, 7) is -0.198. The molecule has 0 atom stereocenters. The highest BCUT2D eigenvalue weighted by atomic mass is 32.2. The first-order valence-corrected chi connectivity index (χ1v) is 9.03. The van der Waals surface area contributed by atoms with Crippen LogP contribution in [0.4, 0.5) is 0 Å². The highest BCUT2D eigenvalue weighted by Gasteiger charge is 2.24. The third kappa shape index (κ3) is 5.25. The minimum atomic E-state index is -3.83. The summed E-state index contributed by atoms with van der Waals surface area (Å²) in [5.41, 5.74) is 1.27. The topological polar surface area (TPSA) is 94.9 Å². The van der Waals surface area contributed by atoms with Gasteiger partial charge in [-0.15, -0.1) is 0 Å². The molecule has 0 saturated heterocycles. The second-order valence-corrected chi connectivity index (χ2v) is 7.23. The summed E-state index contributed by atoms with van der Waals surface area (Å²) in [6.07, 6.45) is 2.27. The molecule has 0 spiro atoms. The van der Waals surface area contributed by atoms with Crippen LogP contribution in [0.5, 0.6) is 0 Å². The van der Waals surface area contributed by atoms with Crippen molar-refractivity contribution in [3.63, 3.8) is 0 Å². The normalized spacial score (nSPS) is 11.9. The zero-order chi connectivity index (χ0) is 18.3. The molecule has 6 nitrogen and oxygen atoms in total. The number of rotatable bonds is 8. The van der Waals surface area contributed by atoms with Crippen molar-refractivity contribution < 1.29 is 23.4 Å². The molecular weight excluding hydrogens is 342 g/mol. The molecule has 0 aliphatic rings. The van der Waals surface area contributed by atoms with Crippen LogP contribution in [-0.4, -0.2) is 42.1 Å². The molecule has 2 rings (SSSR count). The van der Waals surface area contributed by atoms with Crippen molar-refractivity contribution in [3.8, 4) is 0 Å². The predicted molar refractivity (Wildman–Crippen MR) is 94.2 cm³/mol. The Morgan fingerprint density at radius 3 is 2.44 bits per heavy atom. The number of carboxylic acid groups (broad SMARTS) is 1. The van der Waals surface area contributed by atoms with Crippen molar-refractivity contribution in [2.75, 3.05) is 13.2 Å². The van der Waals surface area contributed by atoms with Crippen molar-refractivity contribution in [1.82, 2.24) is 4.31 Å². The number of nitrogens with zero attached hydrogens (tertiary/aromatic N) is 1. The Labute approximate surface area is 146 Å². The third-order valence-corrected chi connectivity index (χ3v) is 5.31. The molecule has 0 aromatic heterocycles. The first-order chi connectivity index (χ1) is 11.9. The number of aliphatic carboxylic acids is 1. The molecule has 0 heterocycles. The Morgan fingerprint density at radius 1 is 1.08 bits per heavy atom. The minimum absolute atomic E-state index is 0.0353. The highest BCUT2D eigenvalue weighted by Crippen LogP contribution is 2.20. The molecule has 25 heavy (non-hydrogen) atoms. The fraction of sp³-hybridized carbons (Fsp3) is 0.167. The van der Waals surface area contributed by atoms with E-state index < -0.39 is 16.0 Å². The fourth-order valence-corrected chi connectivity index (χ4v) is 3.75. The lowest BCUT2D eigenvalue weighted by Gasteiger charge is -2.21. The van der Waals surface area contributed by atoms with E-state index in [1.807, 2.05) is 30.3 Å². The van der Waals surface area contributed by atoms with E-state index in [2.05, 4.69) is 0 Å². The first kappa shape index (κ1) is 18.9. The number of aliphatic hydroxyl groups excluding tert-OH is 1. The van der Waals surface area contributed by atoms with E-state index in [-0.39, 0.29) is 24.6 Å². The van der Waals surface area contributed by atoms with Gasteiger partial charge in [0.1, 0.15) is 0 Å². The van der Waals surface area contributed by atoms with Crippen molar-refractivity contribution in [2.45, 2.75) is 11.4 Å². The van der Waals surface area contributed by atoms with E-state index in [4.69, 9.17) is 5.11 Å². The quantitative estimate of drug-likeness (QED) is 0.701. The lowest BCUT2D eigenvalue weighted by Crippen LogP contribution is -2.33. The van der Waals surface area contributed by atoms with Gasteiger partial charge < -0.3 is 10.2 Å².